The fraction of sp³-hybridized carbons (Fsp3) is 0.846. The van der Waals surface area contributed by atoms with E-state index in [2.05, 4.69) is 0 Å². The number of sulfone groups is 1. The van der Waals surface area contributed by atoms with Crippen LogP contribution >= 0.6 is 0 Å². The third kappa shape index (κ3) is 5.62. The summed E-state index contributed by atoms with van der Waals surface area (Å²) in [5, 5.41) is 8.69. The summed E-state index contributed by atoms with van der Waals surface area (Å²) in [5.41, 5.74) is 0. The van der Waals surface area contributed by atoms with Gasteiger partial charge in [-0.2, -0.15) is 0 Å². The van der Waals surface area contributed by atoms with Crippen molar-refractivity contribution < 1.29 is 23.1 Å². The molecule has 1 saturated heterocycles. The van der Waals surface area contributed by atoms with Crippen molar-refractivity contribution >= 4 is 21.7 Å². The first-order valence-corrected chi connectivity index (χ1v) is 9.05. The maximum atomic E-state index is 12.3. The van der Waals surface area contributed by atoms with Crippen LogP contribution in [0.4, 0.5) is 0 Å². The second-order valence-corrected chi connectivity index (χ2v) is 7.48. The summed E-state index contributed by atoms with van der Waals surface area (Å²) in [6.07, 6.45) is 0.480. The highest BCUT2D eigenvalue weighted by molar-refractivity contribution is 7.91. The molecule has 1 unspecified atom stereocenters. The van der Waals surface area contributed by atoms with E-state index in [0.29, 0.717) is 26.1 Å². The number of hydrogen-bond donors (Lipinski definition) is 1. The van der Waals surface area contributed by atoms with Crippen LogP contribution in [0.5, 0.6) is 0 Å². The molecule has 21 heavy (non-hydrogen) atoms. The summed E-state index contributed by atoms with van der Waals surface area (Å²) in [6.45, 7) is 5.20. The summed E-state index contributed by atoms with van der Waals surface area (Å²) in [6, 6.07) is -0.245. The van der Waals surface area contributed by atoms with Crippen LogP contribution in [0.2, 0.25) is 0 Å². The average molecular weight is 320 g/mol. The molecule has 1 amide bonds. The van der Waals surface area contributed by atoms with Gasteiger partial charge in [-0.25, -0.2) is 8.42 Å². The van der Waals surface area contributed by atoms with Crippen molar-refractivity contribution in [3.8, 4) is 0 Å². The molecular weight excluding hydrogens is 296 g/mol. The fourth-order valence-electron chi connectivity index (χ4n) is 2.54. The number of amides is 1. The Balaban J connectivity index is 2.60. The van der Waals surface area contributed by atoms with E-state index in [1.165, 1.54) is 0 Å². The largest absolute Gasteiger partial charge is 0.481 e. The Morgan fingerprint density at radius 1 is 1.24 bits per heavy atom. The molecule has 0 bridgehead atoms. The lowest BCUT2D eigenvalue weighted by molar-refractivity contribution is -0.139. The van der Waals surface area contributed by atoms with Crippen LogP contribution in [0.25, 0.3) is 0 Å². The molecule has 0 spiro atoms. The highest BCUT2D eigenvalue weighted by Gasteiger charge is 2.34. The van der Waals surface area contributed by atoms with E-state index < -0.39 is 15.8 Å². The smallest absolute Gasteiger partial charge is 0.304 e. The number of likely N-dealkylation sites (N-methyl/N-ethyl adjacent to an activating group) is 2. The minimum Gasteiger partial charge on any atom is -0.481 e. The first-order chi connectivity index (χ1) is 9.79. The van der Waals surface area contributed by atoms with Crippen LogP contribution in [-0.4, -0.2) is 78.9 Å². The zero-order valence-corrected chi connectivity index (χ0v) is 13.4. The van der Waals surface area contributed by atoms with E-state index in [1.807, 2.05) is 13.8 Å². The van der Waals surface area contributed by atoms with E-state index in [4.69, 9.17) is 5.11 Å². The summed E-state index contributed by atoms with van der Waals surface area (Å²) in [5.74, 6) is -0.854. The van der Waals surface area contributed by atoms with Gasteiger partial charge in [0, 0.05) is 19.1 Å². The quantitative estimate of drug-likeness (QED) is 0.666. The Bertz CT molecular complexity index is 477. The third-order valence-corrected chi connectivity index (χ3v) is 5.51. The van der Waals surface area contributed by atoms with Crippen LogP contribution in [0.1, 0.15) is 26.7 Å². The van der Waals surface area contributed by atoms with Crippen molar-refractivity contribution in [1.82, 2.24) is 9.80 Å². The van der Waals surface area contributed by atoms with E-state index in [1.54, 1.807) is 9.80 Å². The SMILES string of the molecule is CCN(CCC(=O)O)CC(=O)N(CC)C1CCS(=O)(=O)C1. The van der Waals surface area contributed by atoms with Crippen LogP contribution in [0, 0.1) is 0 Å². The van der Waals surface area contributed by atoms with Crippen molar-refractivity contribution in [2.24, 2.45) is 0 Å². The average Bonchev–Trinajstić information content (AvgIpc) is 2.75. The zero-order valence-electron chi connectivity index (χ0n) is 12.6. The summed E-state index contributed by atoms with van der Waals surface area (Å²) >= 11 is 0. The van der Waals surface area contributed by atoms with Crippen LogP contribution < -0.4 is 0 Å². The monoisotopic (exact) mass is 320 g/mol. The number of carbonyl (C=O) groups excluding carboxylic acids is 1. The van der Waals surface area contributed by atoms with Gasteiger partial charge in [-0.3, -0.25) is 14.5 Å². The molecule has 0 aromatic rings. The summed E-state index contributed by atoms with van der Waals surface area (Å²) < 4.78 is 23.1. The normalized spacial score (nSPS) is 20.6. The standard InChI is InChI=1S/C13H24N2O5S/c1-3-14(7-5-13(17)18)9-12(16)15(4-2)11-6-8-21(19,20)10-11/h11H,3-10H2,1-2H3,(H,17,18). The molecule has 1 fully saturated rings. The molecule has 8 heteroatoms. The van der Waals surface area contributed by atoms with E-state index in [9.17, 15) is 18.0 Å². The molecule has 1 atom stereocenters. The summed E-state index contributed by atoms with van der Waals surface area (Å²) in [7, 11) is -3.02. The predicted molar refractivity (Wildman–Crippen MR) is 78.8 cm³/mol. The molecule has 1 heterocycles. The molecule has 0 aromatic heterocycles. The molecule has 0 radical (unpaired) electrons. The van der Waals surface area contributed by atoms with Crippen LogP contribution in [0.3, 0.4) is 0 Å². The van der Waals surface area contributed by atoms with Gasteiger partial charge in [-0.05, 0) is 19.9 Å². The second-order valence-electron chi connectivity index (χ2n) is 5.25. The number of carboxylic acids is 1. The molecule has 1 N–H and O–H groups in total. The van der Waals surface area contributed by atoms with Crippen LogP contribution in [-0.2, 0) is 19.4 Å². The Morgan fingerprint density at radius 2 is 1.90 bits per heavy atom. The maximum absolute atomic E-state index is 12.3. The van der Waals surface area contributed by atoms with Gasteiger partial charge in [-0.1, -0.05) is 6.92 Å². The number of rotatable bonds is 8. The molecule has 1 aliphatic rings. The van der Waals surface area contributed by atoms with Gasteiger partial charge in [0.15, 0.2) is 9.84 Å². The van der Waals surface area contributed by atoms with Crippen molar-refractivity contribution in [3.63, 3.8) is 0 Å². The highest BCUT2D eigenvalue weighted by atomic mass is 32.2. The van der Waals surface area contributed by atoms with Gasteiger partial charge in [0.1, 0.15) is 0 Å². The van der Waals surface area contributed by atoms with Gasteiger partial charge in [0.25, 0.3) is 0 Å². The van der Waals surface area contributed by atoms with E-state index in [0.717, 1.165) is 0 Å². The van der Waals surface area contributed by atoms with Gasteiger partial charge in [0.2, 0.25) is 5.91 Å². The molecule has 0 aliphatic carbocycles. The Kier molecular flexibility index (Phi) is 6.60. The van der Waals surface area contributed by atoms with Crippen molar-refractivity contribution in [2.75, 3.05) is 37.7 Å². The third-order valence-electron chi connectivity index (χ3n) is 3.76. The Hall–Kier alpha value is -1.15. The lowest BCUT2D eigenvalue weighted by atomic mass is 10.2. The van der Waals surface area contributed by atoms with Gasteiger partial charge >= 0.3 is 5.97 Å². The van der Waals surface area contributed by atoms with E-state index in [-0.39, 0.29) is 36.4 Å². The minimum atomic E-state index is -3.02. The molecule has 122 valence electrons. The molecule has 0 saturated carbocycles. The number of carbonyl (C=O) groups is 2. The van der Waals surface area contributed by atoms with Gasteiger partial charge in [-0.15, -0.1) is 0 Å². The lowest BCUT2D eigenvalue weighted by Crippen LogP contribution is -2.46. The topological polar surface area (TPSA) is 95.0 Å². The van der Waals surface area contributed by atoms with Crippen molar-refractivity contribution in [1.29, 1.82) is 0 Å². The number of nitrogens with zero attached hydrogens (tertiary/aromatic N) is 2. The minimum absolute atomic E-state index is 0.00888. The fourth-order valence-corrected chi connectivity index (χ4v) is 4.27. The van der Waals surface area contributed by atoms with E-state index >= 15 is 0 Å². The van der Waals surface area contributed by atoms with Crippen molar-refractivity contribution in [2.45, 2.75) is 32.7 Å². The second kappa shape index (κ2) is 7.74. The van der Waals surface area contributed by atoms with Gasteiger partial charge < -0.3 is 10.0 Å². The molecule has 1 aliphatic heterocycles. The number of carboxylic acid groups (broad SMARTS) is 1. The number of hydrogen-bond acceptors (Lipinski definition) is 5. The van der Waals surface area contributed by atoms with Crippen molar-refractivity contribution in [3.05, 3.63) is 0 Å². The Morgan fingerprint density at radius 3 is 2.33 bits per heavy atom. The van der Waals surface area contributed by atoms with Gasteiger partial charge in [0.05, 0.1) is 24.5 Å². The summed E-state index contributed by atoms with van der Waals surface area (Å²) in [4.78, 5) is 26.3. The highest BCUT2D eigenvalue weighted by Crippen LogP contribution is 2.18. The number of aliphatic carboxylic acids is 1. The molecule has 1 rings (SSSR count). The maximum Gasteiger partial charge on any atom is 0.304 e. The first kappa shape index (κ1) is 17.9. The van der Waals surface area contributed by atoms with Crippen LogP contribution in [0.15, 0.2) is 0 Å². The molecule has 7 nitrogen and oxygen atoms in total. The zero-order chi connectivity index (χ0) is 16.0. The predicted octanol–water partition coefficient (Wildman–Crippen LogP) is -0.181. The molecule has 0 aromatic carbocycles. The first-order valence-electron chi connectivity index (χ1n) is 7.23. The molecular formula is C13H24N2O5S. The lowest BCUT2D eigenvalue weighted by Gasteiger charge is -2.29. The Labute approximate surface area is 125 Å².